The smallest absolute Gasteiger partial charge is 0.231 e. The molecule has 1 atom stereocenters. The summed E-state index contributed by atoms with van der Waals surface area (Å²) in [7, 11) is -3.27. The summed E-state index contributed by atoms with van der Waals surface area (Å²) in [5.74, 6) is -0.511. The molecule has 1 amide bonds. The lowest BCUT2D eigenvalue weighted by Gasteiger charge is -2.37. The molecule has 2 aromatic rings. The highest BCUT2D eigenvalue weighted by Gasteiger charge is 2.42. The van der Waals surface area contributed by atoms with Crippen molar-refractivity contribution < 1.29 is 22.3 Å². The topological polar surface area (TPSA) is 72.5 Å². The lowest BCUT2D eigenvalue weighted by atomic mass is 9.73. The Kier molecular flexibility index (Phi) is 6.39. The minimum Gasteiger partial charge on any atom is -0.381 e. The third-order valence-electron chi connectivity index (χ3n) is 5.63. The fourth-order valence-corrected chi connectivity index (χ4v) is 4.59. The van der Waals surface area contributed by atoms with Gasteiger partial charge in [-0.2, -0.15) is 0 Å². The van der Waals surface area contributed by atoms with Crippen LogP contribution in [-0.4, -0.2) is 33.3 Å². The lowest BCUT2D eigenvalue weighted by molar-refractivity contribution is -0.131. The number of hydrogen-bond donors (Lipinski definition) is 1. The summed E-state index contributed by atoms with van der Waals surface area (Å²) in [5, 5.41) is 3.03. The largest absolute Gasteiger partial charge is 0.381 e. The van der Waals surface area contributed by atoms with E-state index in [1.807, 2.05) is 6.92 Å². The number of benzene rings is 2. The first kappa shape index (κ1) is 21.5. The average molecular weight is 420 g/mol. The van der Waals surface area contributed by atoms with Crippen molar-refractivity contribution in [2.45, 2.75) is 43.0 Å². The minimum absolute atomic E-state index is 0.0386. The second-order valence-electron chi connectivity index (χ2n) is 7.37. The third kappa shape index (κ3) is 4.51. The van der Waals surface area contributed by atoms with Gasteiger partial charge in [-0.3, -0.25) is 4.79 Å². The molecular formula is C22H26FNO4S. The fourth-order valence-electron chi connectivity index (χ4n) is 3.70. The van der Waals surface area contributed by atoms with Gasteiger partial charge < -0.3 is 10.1 Å². The van der Waals surface area contributed by atoms with Crippen LogP contribution in [0.25, 0.3) is 0 Å². The van der Waals surface area contributed by atoms with E-state index >= 15 is 0 Å². The fraction of sp³-hybridized carbons (Fsp3) is 0.409. The monoisotopic (exact) mass is 419 g/mol. The number of carbonyl (C=O) groups is 1. The van der Waals surface area contributed by atoms with Crippen LogP contribution in [0.2, 0.25) is 0 Å². The number of sulfone groups is 1. The maximum atomic E-state index is 13.8. The van der Waals surface area contributed by atoms with Gasteiger partial charge in [0, 0.05) is 13.2 Å². The van der Waals surface area contributed by atoms with Gasteiger partial charge in [0.25, 0.3) is 0 Å². The molecule has 1 aliphatic heterocycles. The van der Waals surface area contributed by atoms with Crippen molar-refractivity contribution in [3.8, 4) is 0 Å². The predicted octanol–water partition coefficient (Wildman–Crippen LogP) is 3.54. The van der Waals surface area contributed by atoms with Crippen molar-refractivity contribution in [2.75, 3.05) is 19.0 Å². The molecular weight excluding hydrogens is 393 g/mol. The van der Waals surface area contributed by atoms with Crippen molar-refractivity contribution in [3.05, 3.63) is 65.5 Å². The summed E-state index contributed by atoms with van der Waals surface area (Å²) >= 11 is 0. The highest BCUT2D eigenvalue weighted by molar-refractivity contribution is 7.91. The number of ether oxygens (including phenoxy) is 1. The summed E-state index contributed by atoms with van der Waals surface area (Å²) < 4.78 is 43.2. The molecule has 0 spiro atoms. The molecule has 0 saturated carbocycles. The Labute approximate surface area is 171 Å². The van der Waals surface area contributed by atoms with Crippen LogP contribution in [0.4, 0.5) is 4.39 Å². The predicted molar refractivity (Wildman–Crippen MR) is 109 cm³/mol. The molecule has 0 radical (unpaired) electrons. The van der Waals surface area contributed by atoms with E-state index in [0.29, 0.717) is 31.6 Å². The number of amides is 1. The number of carbonyl (C=O) groups excluding carboxylic acids is 1. The van der Waals surface area contributed by atoms with E-state index in [-0.39, 0.29) is 28.4 Å². The van der Waals surface area contributed by atoms with Crippen molar-refractivity contribution in [1.29, 1.82) is 0 Å². The number of halogens is 1. The Morgan fingerprint density at radius 1 is 1.17 bits per heavy atom. The molecule has 7 heteroatoms. The van der Waals surface area contributed by atoms with Crippen LogP contribution in [0.3, 0.4) is 0 Å². The van der Waals surface area contributed by atoms with E-state index in [9.17, 15) is 17.6 Å². The lowest BCUT2D eigenvalue weighted by Crippen LogP contribution is -2.48. The van der Waals surface area contributed by atoms with Crippen molar-refractivity contribution in [1.82, 2.24) is 5.32 Å². The molecule has 0 bridgehead atoms. The van der Waals surface area contributed by atoms with E-state index in [0.717, 1.165) is 5.56 Å². The molecule has 1 N–H and O–H groups in total. The van der Waals surface area contributed by atoms with Crippen LogP contribution in [0.1, 0.15) is 43.9 Å². The SMILES string of the molecule is CCS(=O)(=O)c1ccc(C(C)NC(=O)C2(c3cccc(F)c3)CCOCC2)cc1. The highest BCUT2D eigenvalue weighted by Crippen LogP contribution is 2.36. The molecule has 156 valence electrons. The molecule has 5 nitrogen and oxygen atoms in total. The van der Waals surface area contributed by atoms with E-state index in [4.69, 9.17) is 4.74 Å². The summed E-state index contributed by atoms with van der Waals surface area (Å²) in [6, 6.07) is 12.4. The van der Waals surface area contributed by atoms with Gasteiger partial charge in [-0.1, -0.05) is 31.2 Å². The summed E-state index contributed by atoms with van der Waals surface area (Å²) in [4.78, 5) is 13.6. The Bertz CT molecular complexity index is 967. The quantitative estimate of drug-likeness (QED) is 0.777. The summed E-state index contributed by atoms with van der Waals surface area (Å²) in [6.07, 6.45) is 0.950. The van der Waals surface area contributed by atoms with Gasteiger partial charge >= 0.3 is 0 Å². The van der Waals surface area contributed by atoms with Crippen LogP contribution in [0.15, 0.2) is 53.4 Å². The first-order valence-corrected chi connectivity index (χ1v) is 11.4. The van der Waals surface area contributed by atoms with Gasteiger partial charge in [-0.15, -0.1) is 0 Å². The number of rotatable bonds is 6. The second kappa shape index (κ2) is 8.63. The Hall–Kier alpha value is -2.25. The van der Waals surface area contributed by atoms with Crippen LogP contribution in [0.5, 0.6) is 0 Å². The van der Waals surface area contributed by atoms with Crippen molar-refractivity contribution in [3.63, 3.8) is 0 Å². The van der Waals surface area contributed by atoms with Gasteiger partial charge in [0.1, 0.15) is 5.82 Å². The molecule has 1 fully saturated rings. The molecule has 1 aliphatic rings. The Morgan fingerprint density at radius 3 is 2.41 bits per heavy atom. The van der Waals surface area contributed by atoms with Gasteiger partial charge in [0.15, 0.2) is 9.84 Å². The van der Waals surface area contributed by atoms with E-state index in [1.165, 1.54) is 12.1 Å². The van der Waals surface area contributed by atoms with Crippen LogP contribution in [-0.2, 0) is 24.8 Å². The summed E-state index contributed by atoms with van der Waals surface area (Å²) in [5.41, 5.74) is 0.602. The zero-order valence-corrected chi connectivity index (χ0v) is 17.5. The number of hydrogen-bond acceptors (Lipinski definition) is 4. The molecule has 0 aliphatic carbocycles. The molecule has 3 rings (SSSR count). The van der Waals surface area contributed by atoms with Gasteiger partial charge in [-0.05, 0) is 55.2 Å². The highest BCUT2D eigenvalue weighted by atomic mass is 32.2. The van der Waals surface area contributed by atoms with Crippen molar-refractivity contribution in [2.24, 2.45) is 0 Å². The van der Waals surface area contributed by atoms with E-state index in [1.54, 1.807) is 43.3 Å². The molecule has 2 aromatic carbocycles. The molecule has 1 unspecified atom stereocenters. The molecule has 1 saturated heterocycles. The average Bonchev–Trinajstić information content (AvgIpc) is 2.74. The first-order chi connectivity index (χ1) is 13.8. The standard InChI is InChI=1S/C22H26FNO4S/c1-3-29(26,27)20-9-7-17(8-10-20)16(2)24-21(25)22(11-13-28-14-12-22)18-5-4-6-19(23)15-18/h4-10,15-16H,3,11-14H2,1-2H3,(H,24,25). The van der Waals surface area contributed by atoms with Crippen molar-refractivity contribution >= 4 is 15.7 Å². The maximum Gasteiger partial charge on any atom is 0.231 e. The van der Waals surface area contributed by atoms with Crippen LogP contribution in [0, 0.1) is 5.82 Å². The second-order valence-corrected chi connectivity index (χ2v) is 9.65. The Balaban J connectivity index is 1.83. The summed E-state index contributed by atoms with van der Waals surface area (Å²) in [6.45, 7) is 4.31. The zero-order chi connectivity index (χ0) is 21.1. The Morgan fingerprint density at radius 2 is 1.83 bits per heavy atom. The molecule has 0 aromatic heterocycles. The normalized spacial score (nSPS) is 17.5. The first-order valence-electron chi connectivity index (χ1n) is 9.76. The minimum atomic E-state index is -3.27. The van der Waals surface area contributed by atoms with E-state index < -0.39 is 15.3 Å². The molecule has 29 heavy (non-hydrogen) atoms. The van der Waals surface area contributed by atoms with Gasteiger partial charge in [0.05, 0.1) is 22.1 Å². The van der Waals surface area contributed by atoms with Crippen LogP contribution >= 0.6 is 0 Å². The van der Waals surface area contributed by atoms with E-state index in [2.05, 4.69) is 5.32 Å². The van der Waals surface area contributed by atoms with Gasteiger partial charge in [-0.25, -0.2) is 12.8 Å². The third-order valence-corrected chi connectivity index (χ3v) is 7.38. The number of nitrogens with one attached hydrogen (secondary N) is 1. The maximum absolute atomic E-state index is 13.8. The molecule has 1 heterocycles. The van der Waals surface area contributed by atoms with Gasteiger partial charge in [0.2, 0.25) is 5.91 Å². The zero-order valence-electron chi connectivity index (χ0n) is 16.7. The van der Waals surface area contributed by atoms with Crippen LogP contribution < -0.4 is 5.32 Å².